The number of hydrogen-bond donors (Lipinski definition) is 1. The largest absolute Gasteiger partial charge is 0.347 e. The van der Waals surface area contributed by atoms with Gasteiger partial charge in [0, 0.05) is 24.0 Å². The maximum absolute atomic E-state index is 12.8. The van der Waals surface area contributed by atoms with Gasteiger partial charge in [-0.3, -0.25) is 4.79 Å². The quantitative estimate of drug-likeness (QED) is 0.808. The van der Waals surface area contributed by atoms with E-state index in [1.165, 1.54) is 12.1 Å². The molecular weight excluding hydrogens is 283 g/mol. The molecule has 1 N–H and O–H groups in total. The van der Waals surface area contributed by atoms with Gasteiger partial charge in [-0.1, -0.05) is 12.1 Å². The molecule has 0 aliphatic carbocycles. The Bertz CT molecular complexity index is 839. The lowest BCUT2D eigenvalue weighted by Gasteiger charge is -2.03. The van der Waals surface area contributed by atoms with Crippen molar-refractivity contribution in [2.24, 2.45) is 0 Å². The summed E-state index contributed by atoms with van der Waals surface area (Å²) in [4.78, 5) is 16.5. The predicted molar refractivity (Wildman–Crippen MR) is 80.0 cm³/mol. The Morgan fingerprint density at radius 2 is 1.95 bits per heavy atom. The van der Waals surface area contributed by atoms with Crippen molar-refractivity contribution in [3.05, 3.63) is 64.9 Å². The van der Waals surface area contributed by atoms with Gasteiger partial charge >= 0.3 is 0 Å². The number of aryl methyl sites for hydroxylation is 2. The molecule has 0 saturated carbocycles. The molecule has 5 nitrogen and oxygen atoms in total. The highest BCUT2D eigenvalue weighted by Crippen LogP contribution is 2.09. The zero-order valence-corrected chi connectivity index (χ0v) is 12.3. The van der Waals surface area contributed by atoms with Gasteiger partial charge in [-0.05, 0) is 37.6 Å². The summed E-state index contributed by atoms with van der Waals surface area (Å²) in [6.07, 6.45) is 0. The molecule has 3 aromatic rings. The number of aromatic nitrogens is 3. The van der Waals surface area contributed by atoms with Crippen LogP contribution in [-0.4, -0.2) is 20.5 Å². The van der Waals surface area contributed by atoms with Crippen molar-refractivity contribution in [2.75, 3.05) is 0 Å². The Hall–Kier alpha value is -2.76. The fraction of sp³-hybridized carbons (Fsp3) is 0.188. The van der Waals surface area contributed by atoms with Crippen LogP contribution in [0.15, 0.2) is 36.4 Å². The van der Waals surface area contributed by atoms with E-state index in [0.717, 1.165) is 17.0 Å². The molecule has 0 aliphatic rings. The van der Waals surface area contributed by atoms with Crippen LogP contribution >= 0.6 is 0 Å². The lowest BCUT2D eigenvalue weighted by Crippen LogP contribution is -2.23. The summed E-state index contributed by atoms with van der Waals surface area (Å²) < 4.78 is 14.5. The van der Waals surface area contributed by atoms with Crippen LogP contribution in [0.3, 0.4) is 0 Å². The van der Waals surface area contributed by atoms with Crippen molar-refractivity contribution in [3.63, 3.8) is 0 Å². The highest BCUT2D eigenvalue weighted by Gasteiger charge is 2.12. The summed E-state index contributed by atoms with van der Waals surface area (Å²) in [5.41, 5.74) is 3.57. The second-order valence-electron chi connectivity index (χ2n) is 5.15. The summed E-state index contributed by atoms with van der Waals surface area (Å²) in [6, 6.07) is 9.55. The summed E-state index contributed by atoms with van der Waals surface area (Å²) in [6.45, 7) is 4.13. The van der Waals surface area contributed by atoms with E-state index in [1.54, 1.807) is 22.7 Å². The van der Waals surface area contributed by atoms with Gasteiger partial charge in [0.1, 0.15) is 5.82 Å². The van der Waals surface area contributed by atoms with Gasteiger partial charge in [0.2, 0.25) is 0 Å². The third kappa shape index (κ3) is 2.81. The molecule has 1 amide bonds. The van der Waals surface area contributed by atoms with Crippen molar-refractivity contribution in [2.45, 2.75) is 20.4 Å². The summed E-state index contributed by atoms with van der Waals surface area (Å²) in [7, 11) is 0. The molecular formula is C16H15FN4O. The monoisotopic (exact) mass is 298 g/mol. The molecule has 3 rings (SSSR count). The van der Waals surface area contributed by atoms with Gasteiger partial charge in [0.15, 0.2) is 11.3 Å². The number of carbonyl (C=O) groups excluding carboxylic acids is 1. The van der Waals surface area contributed by atoms with Crippen molar-refractivity contribution in [1.29, 1.82) is 0 Å². The third-order valence-corrected chi connectivity index (χ3v) is 3.33. The number of halogens is 1. The highest BCUT2D eigenvalue weighted by molar-refractivity contribution is 5.93. The Morgan fingerprint density at radius 1 is 1.23 bits per heavy atom. The van der Waals surface area contributed by atoms with E-state index in [1.807, 2.05) is 19.9 Å². The number of hydrogen-bond acceptors (Lipinski definition) is 3. The minimum Gasteiger partial charge on any atom is -0.347 e. The molecule has 0 aliphatic heterocycles. The molecule has 112 valence electrons. The standard InChI is InChI=1S/C16H15FN4O/c1-10-7-11(2)21-15(19-10)8-14(20-21)16(22)18-9-12-3-5-13(17)6-4-12/h3-8H,9H2,1-2H3,(H,18,22). The van der Waals surface area contributed by atoms with Crippen LogP contribution in [0.1, 0.15) is 27.4 Å². The molecule has 0 bridgehead atoms. The molecule has 22 heavy (non-hydrogen) atoms. The van der Waals surface area contributed by atoms with Crippen molar-refractivity contribution >= 4 is 11.6 Å². The average molecular weight is 298 g/mol. The minimum absolute atomic E-state index is 0.285. The number of nitrogens with zero attached hydrogens (tertiary/aromatic N) is 3. The van der Waals surface area contributed by atoms with Crippen LogP contribution < -0.4 is 5.32 Å². The fourth-order valence-electron chi connectivity index (χ4n) is 2.27. The summed E-state index contributed by atoms with van der Waals surface area (Å²) in [5.74, 6) is -0.584. The van der Waals surface area contributed by atoms with E-state index in [-0.39, 0.29) is 11.7 Å². The number of rotatable bonds is 3. The number of carbonyl (C=O) groups is 1. The van der Waals surface area contributed by atoms with E-state index in [0.29, 0.717) is 17.9 Å². The second-order valence-corrected chi connectivity index (χ2v) is 5.15. The summed E-state index contributed by atoms with van der Waals surface area (Å²) >= 11 is 0. The zero-order valence-electron chi connectivity index (χ0n) is 12.3. The number of benzene rings is 1. The van der Waals surface area contributed by atoms with E-state index in [9.17, 15) is 9.18 Å². The third-order valence-electron chi connectivity index (χ3n) is 3.33. The first-order valence-corrected chi connectivity index (χ1v) is 6.89. The molecule has 6 heteroatoms. The molecule has 0 atom stereocenters. The first-order chi connectivity index (χ1) is 10.5. The molecule has 0 spiro atoms. The van der Waals surface area contributed by atoms with Crippen molar-refractivity contribution in [1.82, 2.24) is 19.9 Å². The maximum Gasteiger partial charge on any atom is 0.272 e. The molecule has 2 heterocycles. The Kier molecular flexibility index (Phi) is 3.58. The van der Waals surface area contributed by atoms with Gasteiger partial charge in [0.05, 0.1) is 0 Å². The van der Waals surface area contributed by atoms with Crippen LogP contribution in [0.2, 0.25) is 0 Å². The van der Waals surface area contributed by atoms with Gasteiger partial charge in [0.25, 0.3) is 5.91 Å². The Balaban J connectivity index is 1.77. The van der Waals surface area contributed by atoms with Crippen LogP contribution in [0.5, 0.6) is 0 Å². The van der Waals surface area contributed by atoms with E-state index in [4.69, 9.17) is 0 Å². The van der Waals surface area contributed by atoms with Gasteiger partial charge in [-0.15, -0.1) is 0 Å². The molecule has 0 saturated heterocycles. The lowest BCUT2D eigenvalue weighted by molar-refractivity contribution is 0.0945. The SMILES string of the molecule is Cc1cc(C)n2nc(C(=O)NCc3ccc(F)cc3)cc2n1. The fourth-order valence-corrected chi connectivity index (χ4v) is 2.27. The predicted octanol–water partition coefficient (Wildman–Crippen LogP) is 2.42. The van der Waals surface area contributed by atoms with E-state index < -0.39 is 0 Å². The smallest absolute Gasteiger partial charge is 0.272 e. The normalized spacial score (nSPS) is 10.9. The van der Waals surface area contributed by atoms with Crippen LogP contribution in [0, 0.1) is 19.7 Å². The topological polar surface area (TPSA) is 59.3 Å². The van der Waals surface area contributed by atoms with Gasteiger partial charge in [-0.2, -0.15) is 5.10 Å². The Labute approximate surface area is 126 Å². The summed E-state index contributed by atoms with van der Waals surface area (Å²) in [5, 5.41) is 7.03. The van der Waals surface area contributed by atoms with Crippen molar-refractivity contribution in [3.8, 4) is 0 Å². The van der Waals surface area contributed by atoms with Crippen molar-refractivity contribution < 1.29 is 9.18 Å². The first kappa shape index (κ1) is 14.2. The van der Waals surface area contributed by atoms with E-state index >= 15 is 0 Å². The molecule has 2 aromatic heterocycles. The molecule has 0 unspecified atom stereocenters. The van der Waals surface area contributed by atoms with Crippen LogP contribution in [0.4, 0.5) is 4.39 Å². The van der Waals surface area contributed by atoms with Crippen LogP contribution in [-0.2, 0) is 6.54 Å². The van der Waals surface area contributed by atoms with Crippen LogP contribution in [0.25, 0.3) is 5.65 Å². The van der Waals surface area contributed by atoms with E-state index in [2.05, 4.69) is 15.4 Å². The zero-order chi connectivity index (χ0) is 15.7. The van der Waals surface area contributed by atoms with Gasteiger partial charge < -0.3 is 5.32 Å². The number of amides is 1. The number of fused-ring (bicyclic) bond motifs is 1. The van der Waals surface area contributed by atoms with Gasteiger partial charge in [-0.25, -0.2) is 13.9 Å². The average Bonchev–Trinajstić information content (AvgIpc) is 2.90. The first-order valence-electron chi connectivity index (χ1n) is 6.89. The number of nitrogens with one attached hydrogen (secondary N) is 1. The molecule has 1 aromatic carbocycles. The Morgan fingerprint density at radius 3 is 2.68 bits per heavy atom. The molecule has 0 fully saturated rings. The maximum atomic E-state index is 12.8. The minimum atomic E-state index is -0.299. The highest BCUT2D eigenvalue weighted by atomic mass is 19.1. The lowest BCUT2D eigenvalue weighted by atomic mass is 10.2. The molecule has 0 radical (unpaired) electrons. The second kappa shape index (κ2) is 5.55.